The Balaban J connectivity index is 0.000000181. The number of benzene rings is 5. The van der Waals surface area contributed by atoms with Gasteiger partial charge in [-0.05, 0) is 83.0 Å². The zero-order valence-electron chi connectivity index (χ0n) is 42.7. The maximum Gasteiger partial charge on any atom is 0.134 e. The number of hydrogen-bond donors (Lipinski definition) is 0. The van der Waals surface area contributed by atoms with E-state index in [1.165, 1.54) is 135 Å². The van der Waals surface area contributed by atoms with Gasteiger partial charge in [0.2, 0.25) is 0 Å². The monoisotopic (exact) mass is 1130 g/mol. The Bertz CT molecular complexity index is 3090. The molecular weight excluding hydrogens is 1060 g/mol. The first-order valence-electron chi connectivity index (χ1n) is 26.7. The number of furan rings is 1. The average molecular weight is 1130 g/mol. The minimum atomic E-state index is -1.44. The smallest absolute Gasteiger partial charge is 0.134 e. The zero-order valence-corrected chi connectivity index (χ0v) is 46.1. The van der Waals surface area contributed by atoms with Crippen LogP contribution >= 0.6 is 0 Å². The first-order chi connectivity index (χ1) is 33.9. The topological polar surface area (TPSA) is 20.9 Å². The van der Waals surface area contributed by atoms with Crippen LogP contribution in [0, 0.1) is 39.8 Å². The molecule has 8 aromatic rings. The predicted octanol–water partition coefficient (Wildman–Crippen LogP) is 16.6. The number of pyridine rings is 2. The number of nitrogens with zero attached hydrogens (tertiary/aromatic N) is 2. The van der Waals surface area contributed by atoms with Gasteiger partial charge in [0.1, 0.15) is 5.58 Å². The standard InChI is InChI=1S/C38H34NO.C28H40NSi.Ir/c1-26-21-37-35(25-34(26)36-23-28(19-20-39(36)2)22-27-9-5-3-6-10-27)33-18-17-32(24-38(33)40-37)31-15-13-30(14-16-31)29-11-7-4-8-12-29;1-21-15-16-24(23-13-9-10-14-23)18-26(21)27-19-25(17-22-11-7-6-8-12-22)28(20-29(27)2)30(3,4)5;/h4,7-8,11-21,23-25,27H,1-3,5-6,9-10,22H2;15-16,18-20,22-23H,1-2,6-14,17H2,3-5H3;/q2*-1;. The van der Waals surface area contributed by atoms with Gasteiger partial charge in [-0.1, -0.05) is 192 Å². The van der Waals surface area contributed by atoms with Gasteiger partial charge >= 0.3 is 0 Å². The van der Waals surface area contributed by atoms with Gasteiger partial charge in [0.25, 0.3) is 0 Å². The van der Waals surface area contributed by atoms with Crippen LogP contribution < -0.4 is 14.3 Å². The molecule has 11 rings (SSSR count). The average Bonchev–Trinajstić information content (AvgIpc) is 4.04. The van der Waals surface area contributed by atoms with Crippen molar-refractivity contribution in [1.29, 1.82) is 0 Å². The van der Waals surface area contributed by atoms with Crippen molar-refractivity contribution >= 4 is 35.2 Å². The third kappa shape index (κ3) is 11.4. The van der Waals surface area contributed by atoms with Crippen LogP contribution in [0.5, 0.6) is 0 Å². The molecule has 3 aliphatic carbocycles. The minimum absolute atomic E-state index is 0. The van der Waals surface area contributed by atoms with Crippen LogP contribution in [0.15, 0.2) is 138 Å². The van der Waals surface area contributed by atoms with E-state index in [2.05, 4.69) is 180 Å². The molecule has 3 aliphatic rings. The van der Waals surface area contributed by atoms with Gasteiger partial charge in [-0.2, -0.15) is 31.0 Å². The molecule has 71 heavy (non-hydrogen) atoms. The maximum atomic E-state index is 6.37. The summed E-state index contributed by atoms with van der Waals surface area (Å²) in [5.74, 6) is 2.38. The Morgan fingerprint density at radius 2 is 1.10 bits per heavy atom. The van der Waals surface area contributed by atoms with Crippen molar-refractivity contribution in [3.05, 3.63) is 189 Å². The molecule has 0 saturated heterocycles. The van der Waals surface area contributed by atoms with E-state index in [0.717, 1.165) is 74.1 Å². The molecule has 3 saturated carbocycles. The zero-order chi connectivity index (χ0) is 48.4. The first-order valence-corrected chi connectivity index (χ1v) is 30.2. The van der Waals surface area contributed by atoms with E-state index >= 15 is 0 Å². The van der Waals surface area contributed by atoms with Gasteiger partial charge in [-0.3, -0.25) is 0 Å². The Kier molecular flexibility index (Phi) is 15.7. The van der Waals surface area contributed by atoms with Crippen LogP contribution in [0.4, 0.5) is 0 Å². The van der Waals surface area contributed by atoms with Crippen molar-refractivity contribution in [2.75, 3.05) is 0 Å². The van der Waals surface area contributed by atoms with Gasteiger partial charge in [0, 0.05) is 45.0 Å². The fourth-order valence-corrected chi connectivity index (χ4v) is 13.9. The van der Waals surface area contributed by atoms with E-state index in [0.29, 0.717) is 0 Å². The van der Waals surface area contributed by atoms with Crippen molar-refractivity contribution in [2.45, 2.75) is 128 Å². The van der Waals surface area contributed by atoms with Crippen LogP contribution in [0.25, 0.3) is 66.7 Å². The van der Waals surface area contributed by atoms with Crippen molar-refractivity contribution < 1.29 is 33.7 Å². The normalized spacial score (nSPS) is 15.9. The summed E-state index contributed by atoms with van der Waals surface area (Å²) in [7, 11) is 7.29. The van der Waals surface area contributed by atoms with Gasteiger partial charge in [-0.25, -0.2) is 0 Å². The molecule has 0 N–H and O–H groups in total. The van der Waals surface area contributed by atoms with E-state index < -0.39 is 8.07 Å². The Morgan fingerprint density at radius 3 is 1.77 bits per heavy atom. The summed E-state index contributed by atoms with van der Waals surface area (Å²) in [4.78, 5) is 0. The number of fused-ring (bicyclic) bond motifs is 3. The summed E-state index contributed by atoms with van der Waals surface area (Å²) < 4.78 is 10.5. The Morgan fingerprint density at radius 1 is 0.521 bits per heavy atom. The van der Waals surface area contributed by atoms with Gasteiger partial charge < -0.3 is 13.6 Å². The SMILES string of the molecule is [CH2-]c1cc2oc3cc(-c4ccc(-c5ccccc5)cc4)ccc3c2cc1-c1cc(CC2CCCCC2)cc[n+]1[CH2-].[CH2-]c1ccc(C2CCCC2)cc1-c1cc(CC2CCCCC2)c([Si](C)(C)C)c[n+]1[CH2-].[Ir]. The van der Waals surface area contributed by atoms with E-state index in [4.69, 9.17) is 4.42 Å². The molecule has 1 radical (unpaired) electrons. The number of aromatic nitrogens is 2. The molecule has 0 spiro atoms. The molecule has 5 aromatic carbocycles. The molecule has 5 heteroatoms. The van der Waals surface area contributed by atoms with E-state index in [9.17, 15) is 0 Å². The van der Waals surface area contributed by atoms with E-state index in [-0.39, 0.29) is 20.1 Å². The molecule has 0 bridgehead atoms. The van der Waals surface area contributed by atoms with E-state index in [1.807, 2.05) is 10.6 Å². The molecule has 0 amide bonds. The van der Waals surface area contributed by atoms with Crippen LogP contribution in [0.2, 0.25) is 19.6 Å². The molecule has 3 aromatic heterocycles. The Labute approximate surface area is 440 Å². The molecule has 369 valence electrons. The maximum absolute atomic E-state index is 6.37. The number of hydrogen-bond acceptors (Lipinski definition) is 1. The van der Waals surface area contributed by atoms with Gasteiger partial charge in [-0.15, -0.1) is 35.4 Å². The van der Waals surface area contributed by atoms with Crippen molar-refractivity contribution in [2.24, 2.45) is 11.8 Å². The van der Waals surface area contributed by atoms with Crippen LogP contribution in [0.1, 0.15) is 124 Å². The summed E-state index contributed by atoms with van der Waals surface area (Å²) in [6.07, 6.45) is 26.1. The molecule has 0 aliphatic heterocycles. The largest absolute Gasteiger partial charge is 0.469 e. The second-order valence-electron chi connectivity index (χ2n) is 22.3. The van der Waals surface area contributed by atoms with E-state index in [1.54, 1.807) is 10.8 Å². The fourth-order valence-electron chi connectivity index (χ4n) is 12.2. The third-order valence-corrected chi connectivity index (χ3v) is 18.2. The first kappa shape index (κ1) is 50.5. The van der Waals surface area contributed by atoms with Gasteiger partial charge in [0.05, 0.1) is 37.4 Å². The van der Waals surface area contributed by atoms with Crippen LogP contribution in [-0.4, -0.2) is 8.07 Å². The van der Waals surface area contributed by atoms with Crippen molar-refractivity contribution in [3.8, 4) is 44.8 Å². The summed E-state index contributed by atoms with van der Waals surface area (Å²) >= 11 is 0. The molecule has 3 fully saturated rings. The van der Waals surface area contributed by atoms with Crippen molar-refractivity contribution in [1.82, 2.24) is 0 Å². The Hall–Kier alpha value is -5.45. The molecular formula is C66H74IrN2OSi-2. The van der Waals surface area contributed by atoms with Crippen LogP contribution in [-0.2, 0) is 32.9 Å². The minimum Gasteiger partial charge on any atom is -0.469 e. The summed E-state index contributed by atoms with van der Waals surface area (Å²) in [6, 6.07) is 44.1. The molecule has 3 heterocycles. The van der Waals surface area contributed by atoms with Crippen LogP contribution in [0.3, 0.4) is 0 Å². The molecule has 3 nitrogen and oxygen atoms in total. The fraction of sp³-hybridized carbons (Fsp3) is 0.333. The van der Waals surface area contributed by atoms with Crippen molar-refractivity contribution in [3.63, 3.8) is 0 Å². The van der Waals surface area contributed by atoms with Gasteiger partial charge in [0.15, 0.2) is 0 Å². The second-order valence-corrected chi connectivity index (χ2v) is 27.3. The quantitative estimate of drug-likeness (QED) is 0.0759. The summed E-state index contributed by atoms with van der Waals surface area (Å²) in [6.45, 7) is 16.2. The molecule has 0 unspecified atom stereocenters. The third-order valence-electron chi connectivity index (χ3n) is 16.2. The summed E-state index contributed by atoms with van der Waals surface area (Å²) in [5, 5.41) is 3.82. The molecule has 0 atom stereocenters. The second kappa shape index (κ2) is 22.1. The number of rotatable bonds is 10. The summed E-state index contributed by atoms with van der Waals surface area (Å²) in [5.41, 5.74) is 17.8. The predicted molar refractivity (Wildman–Crippen MR) is 297 cm³/mol.